The number of carbonyl (C=O) groups excluding carboxylic acids is 1. The Morgan fingerprint density at radius 3 is 2.82 bits per heavy atom. The molecular formula is C17H22N2O2S. The van der Waals surface area contributed by atoms with Crippen LogP contribution >= 0.6 is 11.3 Å². The van der Waals surface area contributed by atoms with Gasteiger partial charge >= 0.3 is 0 Å². The third-order valence-corrected chi connectivity index (χ3v) is 5.56. The van der Waals surface area contributed by atoms with Crippen molar-refractivity contribution in [2.75, 3.05) is 13.1 Å². The minimum absolute atomic E-state index is 0.211. The van der Waals surface area contributed by atoms with Gasteiger partial charge in [0.15, 0.2) is 0 Å². The van der Waals surface area contributed by atoms with Crippen molar-refractivity contribution in [1.29, 1.82) is 0 Å². The molecule has 1 unspecified atom stereocenters. The van der Waals surface area contributed by atoms with E-state index in [1.54, 1.807) is 11.3 Å². The molecule has 1 aromatic heterocycles. The average molecular weight is 318 g/mol. The Bertz CT molecular complexity index is 612. The summed E-state index contributed by atoms with van der Waals surface area (Å²) in [6, 6.07) is 8.09. The highest BCUT2D eigenvalue weighted by Gasteiger charge is 2.25. The molecule has 1 saturated heterocycles. The minimum atomic E-state index is -0.264. The highest BCUT2D eigenvalue weighted by atomic mass is 32.1. The smallest absolute Gasteiger partial charge is 0.222 e. The number of aromatic nitrogens is 1. The number of aryl methyl sites for hydroxylation is 1. The summed E-state index contributed by atoms with van der Waals surface area (Å²) in [5, 5.41) is 10.6. The van der Waals surface area contributed by atoms with Crippen molar-refractivity contribution >= 4 is 27.5 Å². The fraction of sp³-hybridized carbons (Fsp3) is 0.529. The van der Waals surface area contributed by atoms with Gasteiger partial charge in [-0.15, -0.1) is 11.3 Å². The first kappa shape index (κ1) is 15.4. The van der Waals surface area contributed by atoms with Crippen molar-refractivity contribution in [2.24, 2.45) is 5.92 Å². The van der Waals surface area contributed by atoms with E-state index in [0.29, 0.717) is 18.8 Å². The van der Waals surface area contributed by atoms with E-state index < -0.39 is 0 Å². The first-order valence-electron chi connectivity index (χ1n) is 7.94. The molecule has 0 spiro atoms. The fourth-order valence-electron chi connectivity index (χ4n) is 3.03. The lowest BCUT2D eigenvalue weighted by Gasteiger charge is -2.33. The summed E-state index contributed by atoms with van der Waals surface area (Å²) >= 11 is 1.68. The van der Waals surface area contributed by atoms with Crippen molar-refractivity contribution in [2.45, 2.75) is 38.7 Å². The molecule has 4 nitrogen and oxygen atoms in total. The van der Waals surface area contributed by atoms with Crippen LogP contribution in [0, 0.1) is 5.92 Å². The summed E-state index contributed by atoms with van der Waals surface area (Å²) in [4.78, 5) is 18.8. The van der Waals surface area contributed by atoms with Gasteiger partial charge in [0.05, 0.1) is 21.3 Å². The number of thiazole rings is 1. The second-order valence-electron chi connectivity index (χ2n) is 6.03. The number of aliphatic hydroxyl groups excluding tert-OH is 1. The van der Waals surface area contributed by atoms with Gasteiger partial charge in [0.1, 0.15) is 0 Å². The minimum Gasteiger partial charge on any atom is -0.393 e. The molecule has 2 heterocycles. The van der Waals surface area contributed by atoms with Gasteiger partial charge in [-0.05, 0) is 37.8 Å². The third kappa shape index (κ3) is 3.47. The van der Waals surface area contributed by atoms with Crippen molar-refractivity contribution in [3.8, 4) is 0 Å². The molecule has 1 aromatic carbocycles. The molecule has 0 aliphatic carbocycles. The lowest BCUT2D eigenvalue weighted by molar-refractivity contribution is -0.133. The second kappa shape index (κ2) is 6.75. The van der Waals surface area contributed by atoms with Crippen LogP contribution in [0.25, 0.3) is 10.2 Å². The molecule has 2 aromatic rings. The first-order valence-corrected chi connectivity index (χ1v) is 8.75. The van der Waals surface area contributed by atoms with Crippen LogP contribution in [0.3, 0.4) is 0 Å². The van der Waals surface area contributed by atoms with E-state index in [1.165, 1.54) is 4.70 Å². The largest absolute Gasteiger partial charge is 0.393 e. The van der Waals surface area contributed by atoms with E-state index in [2.05, 4.69) is 11.1 Å². The maximum atomic E-state index is 12.3. The summed E-state index contributed by atoms with van der Waals surface area (Å²) in [5.41, 5.74) is 1.02. The van der Waals surface area contributed by atoms with Gasteiger partial charge in [0.2, 0.25) is 5.91 Å². The fourth-order valence-corrected chi connectivity index (χ4v) is 4.00. The van der Waals surface area contributed by atoms with Crippen LogP contribution in [0.2, 0.25) is 0 Å². The van der Waals surface area contributed by atoms with Crippen LogP contribution in [-0.4, -0.2) is 40.1 Å². The van der Waals surface area contributed by atoms with Gasteiger partial charge in [-0.3, -0.25) is 4.79 Å². The van der Waals surface area contributed by atoms with Crippen LogP contribution in [0.1, 0.15) is 31.2 Å². The van der Waals surface area contributed by atoms with E-state index in [9.17, 15) is 9.90 Å². The number of para-hydroxylation sites is 1. The quantitative estimate of drug-likeness (QED) is 0.943. The number of carbonyl (C=O) groups is 1. The van der Waals surface area contributed by atoms with Gasteiger partial charge < -0.3 is 10.0 Å². The Morgan fingerprint density at radius 2 is 2.14 bits per heavy atom. The Morgan fingerprint density at radius 1 is 1.41 bits per heavy atom. The van der Waals surface area contributed by atoms with Crippen LogP contribution in [-0.2, 0) is 11.2 Å². The highest BCUT2D eigenvalue weighted by molar-refractivity contribution is 7.18. The Labute approximate surface area is 134 Å². The molecule has 118 valence electrons. The second-order valence-corrected chi connectivity index (χ2v) is 7.15. The van der Waals surface area contributed by atoms with Gasteiger partial charge in [0, 0.05) is 25.9 Å². The van der Waals surface area contributed by atoms with Gasteiger partial charge in [0.25, 0.3) is 0 Å². The maximum Gasteiger partial charge on any atom is 0.222 e. The standard InChI is InChI=1S/C17H22N2O2S/c1-12(20)13-8-10-19(11-9-13)17(21)7-6-16-18-14-4-2-3-5-15(14)22-16/h2-5,12-13,20H,6-11H2,1H3. The zero-order chi connectivity index (χ0) is 15.5. The SMILES string of the molecule is CC(O)C1CCN(C(=O)CCc2nc3ccccc3s2)CC1. The number of rotatable bonds is 4. The van der Waals surface area contributed by atoms with Gasteiger partial charge in [-0.1, -0.05) is 12.1 Å². The van der Waals surface area contributed by atoms with E-state index in [-0.39, 0.29) is 12.0 Å². The number of piperidine rings is 1. The summed E-state index contributed by atoms with van der Waals surface area (Å²) in [5.74, 6) is 0.552. The molecule has 0 radical (unpaired) electrons. The molecule has 1 aliphatic rings. The average Bonchev–Trinajstić information content (AvgIpc) is 2.95. The molecular weight excluding hydrogens is 296 g/mol. The van der Waals surface area contributed by atoms with Crippen molar-refractivity contribution in [3.05, 3.63) is 29.3 Å². The van der Waals surface area contributed by atoms with E-state index in [1.807, 2.05) is 30.0 Å². The van der Waals surface area contributed by atoms with E-state index >= 15 is 0 Å². The number of fused-ring (bicyclic) bond motifs is 1. The van der Waals surface area contributed by atoms with Crippen molar-refractivity contribution in [1.82, 2.24) is 9.88 Å². The molecule has 0 bridgehead atoms. The van der Waals surface area contributed by atoms with Crippen molar-refractivity contribution < 1.29 is 9.90 Å². The van der Waals surface area contributed by atoms with Crippen LogP contribution < -0.4 is 0 Å². The summed E-state index contributed by atoms with van der Waals surface area (Å²) in [7, 11) is 0. The number of hydrogen-bond acceptors (Lipinski definition) is 4. The molecule has 1 aliphatic heterocycles. The molecule has 3 rings (SSSR count). The molecule has 22 heavy (non-hydrogen) atoms. The third-order valence-electron chi connectivity index (χ3n) is 4.47. The Balaban J connectivity index is 1.52. The number of nitrogens with zero attached hydrogens (tertiary/aromatic N) is 2. The predicted octanol–water partition coefficient (Wildman–Crippen LogP) is 2.85. The van der Waals surface area contributed by atoms with Gasteiger partial charge in [-0.25, -0.2) is 4.98 Å². The zero-order valence-corrected chi connectivity index (χ0v) is 13.7. The number of amides is 1. The molecule has 1 atom stereocenters. The van der Waals surface area contributed by atoms with Crippen molar-refractivity contribution in [3.63, 3.8) is 0 Å². The number of aliphatic hydroxyl groups is 1. The van der Waals surface area contributed by atoms with E-state index in [4.69, 9.17) is 0 Å². The zero-order valence-electron chi connectivity index (χ0n) is 12.9. The van der Waals surface area contributed by atoms with Crippen LogP contribution in [0.5, 0.6) is 0 Å². The van der Waals surface area contributed by atoms with Gasteiger partial charge in [-0.2, -0.15) is 0 Å². The molecule has 5 heteroatoms. The first-order chi connectivity index (χ1) is 10.6. The van der Waals surface area contributed by atoms with E-state index in [0.717, 1.165) is 36.5 Å². The van der Waals surface area contributed by atoms with Crippen LogP contribution in [0.4, 0.5) is 0 Å². The number of benzene rings is 1. The monoisotopic (exact) mass is 318 g/mol. The topological polar surface area (TPSA) is 53.4 Å². The molecule has 0 saturated carbocycles. The normalized spacial score (nSPS) is 17.8. The summed E-state index contributed by atoms with van der Waals surface area (Å²) in [6.45, 7) is 3.39. The molecule has 1 fully saturated rings. The molecule has 1 amide bonds. The van der Waals surface area contributed by atoms with Crippen LogP contribution in [0.15, 0.2) is 24.3 Å². The number of hydrogen-bond donors (Lipinski definition) is 1. The summed E-state index contributed by atoms with van der Waals surface area (Å²) in [6.07, 6.45) is 2.79. The Hall–Kier alpha value is -1.46. The lowest BCUT2D eigenvalue weighted by Crippen LogP contribution is -2.40. The summed E-state index contributed by atoms with van der Waals surface area (Å²) < 4.78 is 1.18. The molecule has 1 N–H and O–H groups in total. The Kier molecular flexibility index (Phi) is 4.74. The maximum absolute atomic E-state index is 12.3. The number of likely N-dealkylation sites (tertiary alicyclic amines) is 1. The highest BCUT2D eigenvalue weighted by Crippen LogP contribution is 2.24. The lowest BCUT2D eigenvalue weighted by atomic mass is 9.92. The predicted molar refractivity (Wildman–Crippen MR) is 88.9 cm³/mol.